The SMILES string of the molecule is CC1CN=C(c2ccc(C3=NCC(C)O3)cc2)O1.CC1CN=C(c2cccc(C3=NCC(C)O3)c2)O1. The summed E-state index contributed by atoms with van der Waals surface area (Å²) < 4.78 is 22.5. The Hall–Kier alpha value is -3.68. The Bertz CT molecular complexity index is 1130. The van der Waals surface area contributed by atoms with Gasteiger partial charge in [0.05, 0.1) is 26.2 Å². The summed E-state index contributed by atoms with van der Waals surface area (Å²) in [6, 6.07) is 16.0. The molecule has 6 rings (SSSR count). The standard InChI is InChI=1S/2C14H16N2O2/c1-9-7-15-13(17-9)11-3-5-12(6-4-11)14-16-8-10(2)18-14;1-9-7-15-13(17-9)11-4-3-5-12(6-11)14-16-8-10(2)18-14/h2*3-6,9-10H,7-8H2,1-2H3. The Morgan fingerprint density at radius 3 is 1.06 bits per heavy atom. The minimum absolute atomic E-state index is 0.170. The summed E-state index contributed by atoms with van der Waals surface area (Å²) in [4.78, 5) is 17.5. The Morgan fingerprint density at radius 1 is 0.472 bits per heavy atom. The molecule has 0 radical (unpaired) electrons. The molecular formula is C28H32N4O4. The zero-order valence-electron chi connectivity index (χ0n) is 21.2. The lowest BCUT2D eigenvalue weighted by Crippen LogP contribution is -2.11. The van der Waals surface area contributed by atoms with Crippen LogP contribution in [0.15, 0.2) is 68.5 Å². The van der Waals surface area contributed by atoms with Crippen molar-refractivity contribution >= 4 is 23.6 Å². The monoisotopic (exact) mass is 488 g/mol. The minimum atomic E-state index is 0.170. The van der Waals surface area contributed by atoms with Gasteiger partial charge in [-0.15, -0.1) is 0 Å². The largest absolute Gasteiger partial charge is 0.472 e. The van der Waals surface area contributed by atoms with Crippen LogP contribution in [0.2, 0.25) is 0 Å². The van der Waals surface area contributed by atoms with Crippen LogP contribution in [0, 0.1) is 0 Å². The van der Waals surface area contributed by atoms with Crippen molar-refractivity contribution < 1.29 is 18.9 Å². The third-order valence-electron chi connectivity index (χ3n) is 5.95. The molecule has 4 heterocycles. The maximum Gasteiger partial charge on any atom is 0.216 e. The second-order valence-corrected chi connectivity index (χ2v) is 9.46. The van der Waals surface area contributed by atoms with Crippen LogP contribution < -0.4 is 0 Å². The Morgan fingerprint density at radius 2 is 0.778 bits per heavy atom. The summed E-state index contributed by atoms with van der Waals surface area (Å²) in [5.74, 6) is 2.90. The van der Waals surface area contributed by atoms with E-state index >= 15 is 0 Å². The molecule has 4 aliphatic rings. The van der Waals surface area contributed by atoms with Gasteiger partial charge in [-0.05, 0) is 70.2 Å². The summed E-state index contributed by atoms with van der Waals surface area (Å²) in [7, 11) is 0. The van der Waals surface area contributed by atoms with Gasteiger partial charge in [-0.1, -0.05) is 6.07 Å². The molecule has 188 valence electrons. The average molecular weight is 489 g/mol. The van der Waals surface area contributed by atoms with Gasteiger partial charge in [0, 0.05) is 22.3 Å². The van der Waals surface area contributed by atoms with Crippen molar-refractivity contribution in [3.05, 3.63) is 70.8 Å². The third kappa shape index (κ3) is 5.58. The number of hydrogen-bond donors (Lipinski definition) is 0. The number of hydrogen-bond acceptors (Lipinski definition) is 8. The fourth-order valence-corrected chi connectivity index (χ4v) is 4.08. The molecule has 8 heteroatoms. The number of rotatable bonds is 4. The van der Waals surface area contributed by atoms with E-state index in [1.165, 1.54) is 0 Å². The summed E-state index contributed by atoms with van der Waals surface area (Å²) in [6.07, 6.45) is 0.707. The van der Waals surface area contributed by atoms with Gasteiger partial charge in [0.15, 0.2) is 0 Å². The summed E-state index contributed by atoms with van der Waals surface area (Å²) >= 11 is 0. The predicted octanol–water partition coefficient (Wildman–Crippen LogP) is 4.03. The van der Waals surface area contributed by atoms with E-state index in [0.717, 1.165) is 72.0 Å². The van der Waals surface area contributed by atoms with E-state index in [2.05, 4.69) is 20.0 Å². The van der Waals surface area contributed by atoms with E-state index in [1.54, 1.807) is 0 Å². The van der Waals surface area contributed by atoms with Crippen LogP contribution in [0.25, 0.3) is 0 Å². The first-order valence-corrected chi connectivity index (χ1v) is 12.5. The highest BCUT2D eigenvalue weighted by Crippen LogP contribution is 2.18. The summed E-state index contributed by atoms with van der Waals surface area (Å²) in [5, 5.41) is 0. The lowest BCUT2D eigenvalue weighted by atomic mass is 10.1. The maximum absolute atomic E-state index is 5.66. The smallest absolute Gasteiger partial charge is 0.216 e. The number of ether oxygens (including phenoxy) is 4. The quantitative estimate of drug-likeness (QED) is 0.650. The molecule has 2 aromatic rings. The van der Waals surface area contributed by atoms with E-state index in [-0.39, 0.29) is 24.4 Å². The van der Waals surface area contributed by atoms with Gasteiger partial charge >= 0.3 is 0 Å². The van der Waals surface area contributed by atoms with E-state index < -0.39 is 0 Å². The van der Waals surface area contributed by atoms with E-state index in [4.69, 9.17) is 18.9 Å². The first-order chi connectivity index (χ1) is 17.4. The van der Waals surface area contributed by atoms with Crippen LogP contribution in [0.5, 0.6) is 0 Å². The highest BCUT2D eigenvalue weighted by molar-refractivity contribution is 6.00. The third-order valence-corrected chi connectivity index (χ3v) is 5.95. The lowest BCUT2D eigenvalue weighted by Gasteiger charge is -2.08. The topological polar surface area (TPSA) is 86.4 Å². The molecule has 4 atom stereocenters. The molecule has 0 amide bonds. The van der Waals surface area contributed by atoms with Crippen LogP contribution in [-0.4, -0.2) is 74.2 Å². The van der Waals surface area contributed by atoms with Crippen LogP contribution >= 0.6 is 0 Å². The summed E-state index contributed by atoms with van der Waals surface area (Å²) in [5.41, 5.74) is 4.00. The Balaban J connectivity index is 0.000000148. The zero-order chi connectivity index (χ0) is 25.1. The maximum atomic E-state index is 5.66. The van der Waals surface area contributed by atoms with Gasteiger partial charge in [-0.25, -0.2) is 20.0 Å². The lowest BCUT2D eigenvalue weighted by molar-refractivity contribution is 0.245. The Kier molecular flexibility index (Phi) is 7.02. The molecule has 0 fully saturated rings. The van der Waals surface area contributed by atoms with Gasteiger partial charge in [0.25, 0.3) is 0 Å². The first-order valence-electron chi connectivity index (χ1n) is 12.5. The highest BCUT2D eigenvalue weighted by Gasteiger charge is 2.21. The molecule has 0 saturated carbocycles. The molecule has 8 nitrogen and oxygen atoms in total. The van der Waals surface area contributed by atoms with Gasteiger partial charge in [0.2, 0.25) is 23.6 Å². The van der Waals surface area contributed by atoms with Gasteiger partial charge < -0.3 is 18.9 Å². The van der Waals surface area contributed by atoms with Crippen LogP contribution in [0.3, 0.4) is 0 Å². The van der Waals surface area contributed by atoms with Crippen molar-refractivity contribution in [2.45, 2.75) is 52.1 Å². The molecule has 0 aromatic heterocycles. The van der Waals surface area contributed by atoms with E-state index in [0.29, 0.717) is 0 Å². The number of aliphatic imine (C=N–C) groups is 4. The minimum Gasteiger partial charge on any atom is -0.472 e. The molecule has 0 saturated heterocycles. The van der Waals surface area contributed by atoms with Gasteiger partial charge in [0.1, 0.15) is 24.4 Å². The second-order valence-electron chi connectivity index (χ2n) is 9.46. The van der Waals surface area contributed by atoms with Crippen LogP contribution in [-0.2, 0) is 18.9 Å². The van der Waals surface area contributed by atoms with E-state index in [9.17, 15) is 0 Å². The molecular weight excluding hydrogens is 456 g/mol. The van der Waals surface area contributed by atoms with Gasteiger partial charge in [-0.2, -0.15) is 0 Å². The van der Waals surface area contributed by atoms with Crippen LogP contribution in [0.4, 0.5) is 0 Å². The first kappa shape index (κ1) is 24.0. The zero-order valence-corrected chi connectivity index (χ0v) is 21.2. The van der Waals surface area contributed by atoms with Crippen molar-refractivity contribution in [1.29, 1.82) is 0 Å². The molecule has 2 aromatic carbocycles. The highest BCUT2D eigenvalue weighted by atomic mass is 16.5. The number of nitrogens with zero attached hydrogens (tertiary/aromatic N) is 4. The summed E-state index contributed by atoms with van der Waals surface area (Å²) in [6.45, 7) is 11.0. The average Bonchev–Trinajstić information content (AvgIpc) is 3.69. The second kappa shape index (κ2) is 10.5. The van der Waals surface area contributed by atoms with Crippen LogP contribution in [0.1, 0.15) is 49.9 Å². The molecule has 0 spiro atoms. The fourth-order valence-electron chi connectivity index (χ4n) is 4.08. The van der Waals surface area contributed by atoms with Crippen molar-refractivity contribution in [1.82, 2.24) is 0 Å². The van der Waals surface area contributed by atoms with Crippen molar-refractivity contribution in [2.24, 2.45) is 20.0 Å². The molecule has 4 aliphatic heterocycles. The van der Waals surface area contributed by atoms with Crippen molar-refractivity contribution in [3.8, 4) is 0 Å². The van der Waals surface area contributed by atoms with E-state index in [1.807, 2.05) is 76.2 Å². The fraction of sp³-hybridized carbons (Fsp3) is 0.429. The van der Waals surface area contributed by atoms with Crippen molar-refractivity contribution in [3.63, 3.8) is 0 Å². The normalized spacial score (nSPS) is 26.3. The molecule has 0 N–H and O–H groups in total. The Labute approximate surface area is 211 Å². The number of benzene rings is 2. The molecule has 4 unspecified atom stereocenters. The molecule has 36 heavy (non-hydrogen) atoms. The predicted molar refractivity (Wildman–Crippen MR) is 141 cm³/mol. The molecule has 0 bridgehead atoms. The van der Waals surface area contributed by atoms with Crippen molar-refractivity contribution in [2.75, 3.05) is 26.2 Å². The van der Waals surface area contributed by atoms with Gasteiger partial charge in [-0.3, -0.25) is 0 Å². The molecule has 0 aliphatic carbocycles.